The molecule has 5 nitrogen and oxygen atoms in total. The summed E-state index contributed by atoms with van der Waals surface area (Å²) < 4.78 is 18.3. The number of carbonyl (C=O) groups excluding carboxylic acids is 1. The average Bonchev–Trinajstić information content (AvgIpc) is 3.34. The Kier molecular flexibility index (Phi) is 3.96. The highest BCUT2D eigenvalue weighted by Gasteiger charge is 2.31. The Bertz CT molecular complexity index is 724. The molecule has 2 fully saturated rings. The minimum absolute atomic E-state index is 0.0729. The lowest BCUT2D eigenvalue weighted by Crippen LogP contribution is -2.45. The van der Waals surface area contributed by atoms with Crippen LogP contribution in [0.4, 0.5) is 10.1 Å². The quantitative estimate of drug-likeness (QED) is 0.934. The van der Waals surface area contributed by atoms with Gasteiger partial charge in [-0.25, -0.2) is 4.39 Å². The first-order chi connectivity index (χ1) is 11.7. The van der Waals surface area contributed by atoms with Crippen LogP contribution in [0.3, 0.4) is 0 Å². The predicted octanol–water partition coefficient (Wildman–Crippen LogP) is 3.41. The van der Waals surface area contributed by atoms with E-state index in [9.17, 15) is 9.18 Å². The fourth-order valence-electron chi connectivity index (χ4n) is 3.17. The molecule has 0 bridgehead atoms. The van der Waals surface area contributed by atoms with Crippen molar-refractivity contribution in [3.05, 3.63) is 47.6 Å². The fraction of sp³-hybridized carbons (Fsp3) is 0.444. The number of likely N-dealkylation sites (tertiary alicyclic amines) is 1. The van der Waals surface area contributed by atoms with Gasteiger partial charge in [0.25, 0.3) is 5.91 Å². The summed E-state index contributed by atoms with van der Waals surface area (Å²) in [4.78, 5) is 14.4. The van der Waals surface area contributed by atoms with Crippen molar-refractivity contribution >= 4 is 11.6 Å². The minimum Gasteiger partial charge on any atom is -0.381 e. The summed E-state index contributed by atoms with van der Waals surface area (Å²) in [5, 5.41) is 7.32. The highest BCUT2D eigenvalue weighted by molar-refractivity contribution is 5.92. The zero-order chi connectivity index (χ0) is 16.5. The van der Waals surface area contributed by atoms with Crippen LogP contribution in [0.2, 0.25) is 0 Å². The molecule has 1 aromatic heterocycles. The van der Waals surface area contributed by atoms with E-state index in [2.05, 4.69) is 10.5 Å². The van der Waals surface area contributed by atoms with Crippen molar-refractivity contribution in [3.63, 3.8) is 0 Å². The summed E-state index contributed by atoms with van der Waals surface area (Å²) in [6.07, 6.45) is 4.15. The van der Waals surface area contributed by atoms with Gasteiger partial charge in [0.1, 0.15) is 11.6 Å². The maximum Gasteiger partial charge on any atom is 0.276 e. The van der Waals surface area contributed by atoms with E-state index in [1.165, 1.54) is 12.1 Å². The van der Waals surface area contributed by atoms with E-state index < -0.39 is 0 Å². The highest BCUT2D eigenvalue weighted by atomic mass is 19.1. The van der Waals surface area contributed by atoms with Crippen LogP contribution >= 0.6 is 0 Å². The summed E-state index contributed by atoms with van der Waals surface area (Å²) in [5.41, 5.74) is 1.27. The number of amides is 1. The smallest absolute Gasteiger partial charge is 0.276 e. The number of anilines is 1. The Balaban J connectivity index is 1.39. The van der Waals surface area contributed by atoms with Gasteiger partial charge in [-0.1, -0.05) is 5.16 Å². The number of benzene rings is 1. The SMILES string of the molecule is O=C(c1cc(C2CC2)on1)N1CCC[C@H](Nc2ccc(F)cc2)C1. The highest BCUT2D eigenvalue weighted by Crippen LogP contribution is 2.40. The van der Waals surface area contributed by atoms with Crippen LogP contribution in [0.25, 0.3) is 0 Å². The third kappa shape index (κ3) is 3.27. The van der Waals surface area contributed by atoms with Gasteiger partial charge in [-0.3, -0.25) is 4.79 Å². The Morgan fingerprint density at radius 3 is 2.79 bits per heavy atom. The zero-order valence-electron chi connectivity index (χ0n) is 13.4. The topological polar surface area (TPSA) is 58.4 Å². The molecule has 1 aliphatic carbocycles. The number of hydrogen-bond acceptors (Lipinski definition) is 4. The summed E-state index contributed by atoms with van der Waals surface area (Å²) in [7, 11) is 0. The third-order valence-electron chi connectivity index (χ3n) is 4.65. The van der Waals surface area contributed by atoms with Gasteiger partial charge >= 0.3 is 0 Å². The van der Waals surface area contributed by atoms with Crippen molar-refractivity contribution in [3.8, 4) is 0 Å². The van der Waals surface area contributed by atoms with Crippen molar-refractivity contribution < 1.29 is 13.7 Å². The summed E-state index contributed by atoms with van der Waals surface area (Å²) >= 11 is 0. The van der Waals surface area contributed by atoms with Crippen molar-refractivity contribution in [1.82, 2.24) is 10.1 Å². The molecule has 1 saturated carbocycles. The number of nitrogens with zero attached hydrogens (tertiary/aromatic N) is 2. The van der Waals surface area contributed by atoms with E-state index >= 15 is 0 Å². The molecule has 1 amide bonds. The van der Waals surface area contributed by atoms with Crippen LogP contribution in [0.5, 0.6) is 0 Å². The number of carbonyl (C=O) groups is 1. The molecule has 1 N–H and O–H groups in total. The van der Waals surface area contributed by atoms with Crippen LogP contribution in [-0.2, 0) is 0 Å². The molecule has 2 heterocycles. The molecular formula is C18H20FN3O2. The Morgan fingerprint density at radius 2 is 2.04 bits per heavy atom. The van der Waals surface area contributed by atoms with Gasteiger partial charge in [-0.15, -0.1) is 0 Å². The molecule has 1 atom stereocenters. The van der Waals surface area contributed by atoms with E-state index in [4.69, 9.17) is 4.52 Å². The van der Waals surface area contributed by atoms with E-state index in [0.717, 1.165) is 43.7 Å². The van der Waals surface area contributed by atoms with Gasteiger partial charge in [-0.2, -0.15) is 0 Å². The standard InChI is InChI=1S/C18H20FN3O2/c19-13-5-7-14(8-6-13)20-15-2-1-9-22(11-15)18(23)16-10-17(24-21-16)12-3-4-12/h5-8,10,12,15,20H,1-4,9,11H2/t15-/m0/s1. The summed E-state index contributed by atoms with van der Waals surface area (Å²) in [6.45, 7) is 1.34. The van der Waals surface area contributed by atoms with Crippen LogP contribution in [0.15, 0.2) is 34.9 Å². The molecule has 4 rings (SSSR count). The molecule has 6 heteroatoms. The monoisotopic (exact) mass is 329 g/mol. The van der Waals surface area contributed by atoms with Gasteiger partial charge in [0.15, 0.2) is 5.69 Å². The van der Waals surface area contributed by atoms with Crippen LogP contribution in [-0.4, -0.2) is 35.1 Å². The molecule has 1 aliphatic heterocycles. The van der Waals surface area contributed by atoms with Gasteiger partial charge in [0, 0.05) is 36.8 Å². The second-order valence-corrected chi connectivity index (χ2v) is 6.63. The summed E-state index contributed by atoms with van der Waals surface area (Å²) in [5.74, 6) is 0.958. The molecule has 1 saturated heterocycles. The molecule has 2 aromatic rings. The summed E-state index contributed by atoms with van der Waals surface area (Å²) in [6, 6.07) is 8.25. The Labute approximate surface area is 139 Å². The number of aromatic nitrogens is 1. The van der Waals surface area contributed by atoms with Crippen molar-refractivity contribution in [2.75, 3.05) is 18.4 Å². The first-order valence-electron chi connectivity index (χ1n) is 8.47. The average molecular weight is 329 g/mol. The molecular weight excluding hydrogens is 309 g/mol. The minimum atomic E-state index is -0.251. The third-order valence-corrected chi connectivity index (χ3v) is 4.65. The van der Waals surface area contributed by atoms with E-state index in [1.54, 1.807) is 18.2 Å². The van der Waals surface area contributed by atoms with E-state index in [1.807, 2.05) is 4.90 Å². The molecule has 126 valence electrons. The van der Waals surface area contributed by atoms with Crippen molar-refractivity contribution in [1.29, 1.82) is 0 Å². The number of nitrogens with one attached hydrogen (secondary N) is 1. The van der Waals surface area contributed by atoms with Gasteiger partial charge in [-0.05, 0) is 49.9 Å². The van der Waals surface area contributed by atoms with Gasteiger partial charge in [0.05, 0.1) is 0 Å². The molecule has 2 aliphatic rings. The van der Waals surface area contributed by atoms with Gasteiger partial charge in [0.2, 0.25) is 0 Å². The molecule has 1 aromatic carbocycles. The first kappa shape index (κ1) is 15.2. The number of halogens is 1. The lowest BCUT2D eigenvalue weighted by molar-refractivity contribution is 0.0704. The predicted molar refractivity (Wildman–Crippen MR) is 87.4 cm³/mol. The largest absolute Gasteiger partial charge is 0.381 e. The molecule has 0 spiro atoms. The lowest BCUT2D eigenvalue weighted by Gasteiger charge is -2.33. The molecule has 0 unspecified atom stereocenters. The number of rotatable bonds is 4. The molecule has 0 radical (unpaired) electrons. The second kappa shape index (κ2) is 6.26. The molecule has 24 heavy (non-hydrogen) atoms. The normalized spacial score (nSPS) is 20.9. The van der Waals surface area contributed by atoms with Crippen molar-refractivity contribution in [2.45, 2.75) is 37.6 Å². The fourth-order valence-corrected chi connectivity index (χ4v) is 3.17. The van der Waals surface area contributed by atoms with Crippen LogP contribution in [0.1, 0.15) is 47.8 Å². The number of hydrogen-bond donors (Lipinski definition) is 1. The van der Waals surface area contributed by atoms with E-state index in [-0.39, 0.29) is 17.8 Å². The van der Waals surface area contributed by atoms with Gasteiger partial charge < -0.3 is 14.7 Å². The Hall–Kier alpha value is -2.37. The maximum atomic E-state index is 13.0. The second-order valence-electron chi connectivity index (χ2n) is 6.63. The Morgan fingerprint density at radius 1 is 1.25 bits per heavy atom. The first-order valence-corrected chi connectivity index (χ1v) is 8.47. The van der Waals surface area contributed by atoms with Crippen LogP contribution in [0, 0.1) is 5.82 Å². The zero-order valence-corrected chi connectivity index (χ0v) is 13.4. The van der Waals surface area contributed by atoms with Crippen LogP contribution < -0.4 is 5.32 Å². The lowest BCUT2D eigenvalue weighted by atomic mass is 10.0. The maximum absolute atomic E-state index is 13.0. The number of piperidine rings is 1. The van der Waals surface area contributed by atoms with Crippen molar-refractivity contribution in [2.24, 2.45) is 0 Å². The van der Waals surface area contributed by atoms with E-state index in [0.29, 0.717) is 18.2 Å².